The minimum Gasteiger partial charge on any atom is -0.494 e. The number of carbonyl (C=O) groups excluding carboxylic acids is 1. The van der Waals surface area contributed by atoms with Crippen molar-refractivity contribution in [3.63, 3.8) is 0 Å². The van der Waals surface area contributed by atoms with Crippen LogP contribution < -0.4 is 20.7 Å². The molecule has 0 aliphatic rings. The van der Waals surface area contributed by atoms with Gasteiger partial charge in [-0.05, 0) is 67.6 Å². The molecule has 132 valence electrons. The third-order valence-electron chi connectivity index (χ3n) is 3.63. The van der Waals surface area contributed by atoms with Gasteiger partial charge >= 0.3 is 6.03 Å². The molecule has 3 aromatic carbocycles. The van der Waals surface area contributed by atoms with E-state index in [0.717, 1.165) is 28.5 Å². The zero-order chi connectivity index (χ0) is 18.2. The maximum Gasteiger partial charge on any atom is 0.323 e. The molecule has 0 atom stereocenters. The lowest BCUT2D eigenvalue weighted by Gasteiger charge is -2.10. The first-order valence-corrected chi connectivity index (χ1v) is 8.46. The Labute approximate surface area is 153 Å². The molecular weight excluding hydrogens is 326 g/mol. The first-order chi connectivity index (χ1) is 12.7. The van der Waals surface area contributed by atoms with Crippen molar-refractivity contribution in [3.8, 4) is 5.75 Å². The van der Waals surface area contributed by atoms with Gasteiger partial charge in [0.1, 0.15) is 5.75 Å². The predicted octanol–water partition coefficient (Wildman–Crippen LogP) is 5.47. The number of ether oxygens (including phenoxy) is 1. The Kier molecular flexibility index (Phi) is 5.72. The second kappa shape index (κ2) is 8.58. The van der Waals surface area contributed by atoms with Crippen molar-refractivity contribution in [2.75, 3.05) is 22.6 Å². The van der Waals surface area contributed by atoms with Crippen molar-refractivity contribution in [1.29, 1.82) is 0 Å². The SMILES string of the molecule is CCOc1ccc(Nc2ccc(NC(=O)Nc3ccccc3)cc2)cc1. The Morgan fingerprint density at radius 3 is 1.81 bits per heavy atom. The molecule has 0 radical (unpaired) electrons. The number of benzene rings is 3. The molecule has 3 rings (SSSR count). The fourth-order valence-corrected chi connectivity index (χ4v) is 2.42. The number of nitrogens with one attached hydrogen (secondary N) is 3. The zero-order valence-electron chi connectivity index (χ0n) is 14.5. The van der Waals surface area contributed by atoms with Gasteiger partial charge in [0.25, 0.3) is 0 Å². The van der Waals surface area contributed by atoms with Crippen LogP contribution in [0, 0.1) is 0 Å². The summed E-state index contributed by atoms with van der Waals surface area (Å²) in [6.45, 7) is 2.61. The molecule has 5 nitrogen and oxygen atoms in total. The van der Waals surface area contributed by atoms with Gasteiger partial charge in [0.05, 0.1) is 6.61 Å². The first kappa shape index (κ1) is 17.4. The van der Waals surface area contributed by atoms with Gasteiger partial charge < -0.3 is 20.7 Å². The molecule has 0 aromatic heterocycles. The number of para-hydroxylation sites is 1. The van der Waals surface area contributed by atoms with E-state index in [1.807, 2.05) is 85.8 Å². The molecule has 5 heteroatoms. The van der Waals surface area contributed by atoms with Gasteiger partial charge in [0, 0.05) is 22.7 Å². The van der Waals surface area contributed by atoms with Gasteiger partial charge in [0.15, 0.2) is 0 Å². The van der Waals surface area contributed by atoms with E-state index in [0.29, 0.717) is 6.61 Å². The lowest BCUT2D eigenvalue weighted by molar-refractivity contribution is 0.262. The van der Waals surface area contributed by atoms with E-state index >= 15 is 0 Å². The summed E-state index contributed by atoms with van der Waals surface area (Å²) in [5, 5.41) is 8.90. The quantitative estimate of drug-likeness (QED) is 0.554. The molecular formula is C21H21N3O2. The van der Waals surface area contributed by atoms with Gasteiger partial charge in [-0.3, -0.25) is 0 Å². The second-order valence-electron chi connectivity index (χ2n) is 5.60. The fraction of sp³-hybridized carbons (Fsp3) is 0.0952. The average molecular weight is 347 g/mol. The summed E-state index contributed by atoms with van der Waals surface area (Å²) < 4.78 is 5.43. The largest absolute Gasteiger partial charge is 0.494 e. The van der Waals surface area contributed by atoms with Crippen LogP contribution in [0.2, 0.25) is 0 Å². The molecule has 26 heavy (non-hydrogen) atoms. The van der Waals surface area contributed by atoms with Gasteiger partial charge in [0.2, 0.25) is 0 Å². The van der Waals surface area contributed by atoms with Crippen LogP contribution in [0.3, 0.4) is 0 Å². The number of amides is 2. The summed E-state index contributed by atoms with van der Waals surface area (Å²) >= 11 is 0. The third kappa shape index (κ3) is 5.01. The smallest absolute Gasteiger partial charge is 0.323 e. The minimum absolute atomic E-state index is 0.275. The number of hydrogen-bond acceptors (Lipinski definition) is 3. The highest BCUT2D eigenvalue weighted by atomic mass is 16.5. The maximum absolute atomic E-state index is 12.0. The summed E-state index contributed by atoms with van der Waals surface area (Å²) in [5.41, 5.74) is 3.37. The van der Waals surface area contributed by atoms with E-state index in [4.69, 9.17) is 4.74 Å². The van der Waals surface area contributed by atoms with E-state index < -0.39 is 0 Å². The molecule has 0 aliphatic carbocycles. The summed E-state index contributed by atoms with van der Waals surface area (Å²) in [5.74, 6) is 0.849. The Morgan fingerprint density at radius 1 is 0.731 bits per heavy atom. The third-order valence-corrected chi connectivity index (χ3v) is 3.63. The first-order valence-electron chi connectivity index (χ1n) is 8.46. The molecule has 0 saturated heterocycles. The van der Waals surface area contributed by atoms with Crippen molar-refractivity contribution in [1.82, 2.24) is 0 Å². The van der Waals surface area contributed by atoms with Gasteiger partial charge in [-0.1, -0.05) is 18.2 Å². The molecule has 0 saturated carbocycles. The van der Waals surface area contributed by atoms with Crippen LogP contribution in [-0.4, -0.2) is 12.6 Å². The molecule has 0 spiro atoms. The zero-order valence-corrected chi connectivity index (χ0v) is 14.5. The van der Waals surface area contributed by atoms with Crippen molar-refractivity contribution >= 4 is 28.8 Å². The molecule has 0 aliphatic heterocycles. The standard InChI is InChI=1S/C21H21N3O2/c1-2-26-20-14-12-18(13-15-20)22-17-8-10-19(11-9-17)24-21(25)23-16-6-4-3-5-7-16/h3-15,22H,2H2,1H3,(H2,23,24,25). The highest BCUT2D eigenvalue weighted by molar-refractivity contribution is 5.99. The highest BCUT2D eigenvalue weighted by Crippen LogP contribution is 2.21. The van der Waals surface area contributed by atoms with E-state index in [-0.39, 0.29) is 6.03 Å². The summed E-state index contributed by atoms with van der Waals surface area (Å²) in [6.07, 6.45) is 0. The number of urea groups is 1. The van der Waals surface area contributed by atoms with Crippen LogP contribution in [0.15, 0.2) is 78.9 Å². The Balaban J connectivity index is 1.55. The van der Waals surface area contributed by atoms with E-state index in [9.17, 15) is 4.79 Å². The minimum atomic E-state index is -0.275. The van der Waals surface area contributed by atoms with Crippen molar-refractivity contribution in [2.45, 2.75) is 6.92 Å². The van der Waals surface area contributed by atoms with Crippen molar-refractivity contribution in [3.05, 3.63) is 78.9 Å². The normalized spacial score (nSPS) is 10.0. The number of rotatable bonds is 6. The van der Waals surface area contributed by atoms with Crippen LogP contribution in [-0.2, 0) is 0 Å². The lowest BCUT2D eigenvalue weighted by atomic mass is 10.2. The summed E-state index contributed by atoms with van der Waals surface area (Å²) in [7, 11) is 0. The predicted molar refractivity (Wildman–Crippen MR) is 106 cm³/mol. The van der Waals surface area contributed by atoms with Crippen LogP contribution in [0.1, 0.15) is 6.92 Å². The molecule has 0 fully saturated rings. The molecule has 3 aromatic rings. The van der Waals surface area contributed by atoms with E-state index in [1.165, 1.54) is 0 Å². The number of hydrogen-bond donors (Lipinski definition) is 3. The van der Waals surface area contributed by atoms with Crippen LogP contribution >= 0.6 is 0 Å². The molecule has 3 N–H and O–H groups in total. The van der Waals surface area contributed by atoms with E-state index in [1.54, 1.807) is 0 Å². The Morgan fingerprint density at radius 2 is 1.23 bits per heavy atom. The fourth-order valence-electron chi connectivity index (χ4n) is 2.42. The molecule has 2 amide bonds. The topological polar surface area (TPSA) is 62.4 Å². The molecule has 0 heterocycles. The van der Waals surface area contributed by atoms with Gasteiger partial charge in [-0.15, -0.1) is 0 Å². The van der Waals surface area contributed by atoms with E-state index in [2.05, 4.69) is 16.0 Å². The molecule has 0 bridgehead atoms. The lowest BCUT2D eigenvalue weighted by Crippen LogP contribution is -2.19. The molecule has 0 unspecified atom stereocenters. The Bertz CT molecular complexity index is 831. The van der Waals surface area contributed by atoms with Crippen molar-refractivity contribution < 1.29 is 9.53 Å². The Hall–Kier alpha value is -3.47. The number of anilines is 4. The van der Waals surface area contributed by atoms with Crippen LogP contribution in [0.4, 0.5) is 27.5 Å². The van der Waals surface area contributed by atoms with Crippen LogP contribution in [0.5, 0.6) is 5.75 Å². The second-order valence-corrected chi connectivity index (χ2v) is 5.60. The maximum atomic E-state index is 12.0. The highest BCUT2D eigenvalue weighted by Gasteiger charge is 2.03. The van der Waals surface area contributed by atoms with Crippen molar-refractivity contribution in [2.24, 2.45) is 0 Å². The summed E-state index contributed by atoms with van der Waals surface area (Å²) in [6, 6.07) is 24.3. The van der Waals surface area contributed by atoms with Gasteiger partial charge in [-0.2, -0.15) is 0 Å². The summed E-state index contributed by atoms with van der Waals surface area (Å²) in [4.78, 5) is 12.0. The van der Waals surface area contributed by atoms with Crippen LogP contribution in [0.25, 0.3) is 0 Å². The van der Waals surface area contributed by atoms with Gasteiger partial charge in [-0.25, -0.2) is 4.79 Å². The number of carbonyl (C=O) groups is 1. The average Bonchev–Trinajstić information content (AvgIpc) is 2.66. The monoisotopic (exact) mass is 347 g/mol.